The van der Waals surface area contributed by atoms with E-state index in [2.05, 4.69) is 47.7 Å². The zero-order chi connectivity index (χ0) is 21.0. The van der Waals surface area contributed by atoms with Gasteiger partial charge in [0.15, 0.2) is 0 Å². The number of nitrogens with zero attached hydrogens (tertiary/aromatic N) is 2. The van der Waals surface area contributed by atoms with Crippen LogP contribution in [-0.4, -0.2) is 57.4 Å². The molecule has 0 aromatic heterocycles. The lowest BCUT2D eigenvalue weighted by Gasteiger charge is -2.35. The van der Waals surface area contributed by atoms with Crippen molar-refractivity contribution in [2.75, 3.05) is 33.2 Å². The number of carbonyl (C=O) groups is 1. The van der Waals surface area contributed by atoms with Crippen LogP contribution in [0, 0.1) is 0 Å². The van der Waals surface area contributed by atoms with Crippen molar-refractivity contribution in [1.29, 1.82) is 0 Å². The highest BCUT2D eigenvalue weighted by Gasteiger charge is 2.23. The molecule has 2 aromatic carbocycles. The molecule has 1 aliphatic rings. The van der Waals surface area contributed by atoms with E-state index in [4.69, 9.17) is 0 Å². The molecule has 1 aliphatic heterocycles. The Morgan fingerprint density at radius 1 is 1.03 bits per heavy atom. The van der Waals surface area contributed by atoms with Crippen LogP contribution in [0.15, 0.2) is 53.4 Å². The average molecular weight is 416 g/mol. The smallest absolute Gasteiger partial charge is 0.253 e. The van der Waals surface area contributed by atoms with E-state index in [1.165, 1.54) is 30.3 Å². The molecule has 0 saturated carbocycles. The lowest BCUT2D eigenvalue weighted by Crippen LogP contribution is -2.48. The lowest BCUT2D eigenvalue weighted by molar-refractivity contribution is 0.0628. The van der Waals surface area contributed by atoms with E-state index in [9.17, 15) is 13.2 Å². The molecule has 0 radical (unpaired) electrons. The lowest BCUT2D eigenvalue weighted by atomic mass is 10.0. The van der Waals surface area contributed by atoms with Crippen LogP contribution >= 0.6 is 0 Å². The summed E-state index contributed by atoms with van der Waals surface area (Å²) < 4.78 is 26.3. The first-order valence-corrected chi connectivity index (χ1v) is 11.4. The fourth-order valence-corrected chi connectivity index (χ4v) is 4.25. The van der Waals surface area contributed by atoms with E-state index < -0.39 is 10.0 Å². The number of hydrogen-bond acceptors (Lipinski definition) is 4. The molecule has 156 valence electrons. The van der Waals surface area contributed by atoms with Gasteiger partial charge in [-0.15, -0.1) is 0 Å². The number of carbonyl (C=O) groups excluding carboxylic acids is 1. The molecule has 29 heavy (non-hydrogen) atoms. The fourth-order valence-electron chi connectivity index (χ4n) is 3.47. The number of benzene rings is 2. The van der Waals surface area contributed by atoms with Gasteiger partial charge in [0.25, 0.3) is 5.91 Å². The standard InChI is InChI=1S/C22H29N3O3S/c1-17(2)19-9-7-18(8-10-19)16-24-11-13-25(14-12-24)22(26)20-5-4-6-21(15-20)29(27,28)23-3/h4-10,15,17,23H,11-14,16H2,1-3H3. The summed E-state index contributed by atoms with van der Waals surface area (Å²) >= 11 is 0. The van der Waals surface area contributed by atoms with E-state index in [0.717, 1.165) is 19.6 Å². The van der Waals surface area contributed by atoms with Gasteiger partial charge < -0.3 is 4.90 Å². The minimum Gasteiger partial charge on any atom is -0.336 e. The zero-order valence-corrected chi connectivity index (χ0v) is 18.1. The number of sulfonamides is 1. The third-order valence-corrected chi connectivity index (χ3v) is 6.78. The van der Waals surface area contributed by atoms with Crippen molar-refractivity contribution in [3.63, 3.8) is 0 Å². The molecule has 3 rings (SSSR count). The van der Waals surface area contributed by atoms with Gasteiger partial charge in [-0.25, -0.2) is 13.1 Å². The molecule has 1 amide bonds. The molecular weight excluding hydrogens is 386 g/mol. The Morgan fingerprint density at radius 2 is 1.69 bits per heavy atom. The number of hydrogen-bond donors (Lipinski definition) is 1. The third kappa shape index (κ3) is 5.23. The maximum Gasteiger partial charge on any atom is 0.253 e. The number of piperazine rings is 1. The quantitative estimate of drug-likeness (QED) is 0.788. The molecule has 0 atom stereocenters. The topological polar surface area (TPSA) is 69.7 Å². The van der Waals surface area contributed by atoms with Gasteiger partial charge >= 0.3 is 0 Å². The summed E-state index contributed by atoms with van der Waals surface area (Å²) in [7, 11) is -2.21. The maximum absolute atomic E-state index is 12.8. The van der Waals surface area contributed by atoms with Crippen molar-refractivity contribution in [1.82, 2.24) is 14.5 Å². The highest BCUT2D eigenvalue weighted by molar-refractivity contribution is 7.89. The summed E-state index contributed by atoms with van der Waals surface area (Å²) in [6, 6.07) is 14.9. The maximum atomic E-state index is 12.8. The SMILES string of the molecule is CNS(=O)(=O)c1cccc(C(=O)N2CCN(Cc3ccc(C(C)C)cc3)CC2)c1. The summed E-state index contributed by atoms with van der Waals surface area (Å²) in [6.45, 7) is 8.11. The summed E-state index contributed by atoms with van der Waals surface area (Å²) in [5.41, 5.74) is 3.02. The van der Waals surface area contributed by atoms with Crippen LogP contribution in [-0.2, 0) is 16.6 Å². The Hall–Kier alpha value is -2.22. The Labute approximate surface area is 173 Å². The van der Waals surface area contributed by atoms with Gasteiger partial charge in [-0.1, -0.05) is 44.2 Å². The Morgan fingerprint density at radius 3 is 2.28 bits per heavy atom. The van der Waals surface area contributed by atoms with Crippen molar-refractivity contribution < 1.29 is 13.2 Å². The third-order valence-electron chi connectivity index (χ3n) is 5.37. The average Bonchev–Trinajstić information content (AvgIpc) is 2.74. The Balaban J connectivity index is 1.59. The minimum atomic E-state index is -3.57. The summed E-state index contributed by atoms with van der Waals surface area (Å²) in [4.78, 5) is 17.1. The highest BCUT2D eigenvalue weighted by Crippen LogP contribution is 2.18. The molecular formula is C22H29N3O3S. The van der Waals surface area contributed by atoms with Crippen LogP contribution in [0.25, 0.3) is 0 Å². The van der Waals surface area contributed by atoms with Crippen molar-refractivity contribution in [3.8, 4) is 0 Å². The first-order valence-electron chi connectivity index (χ1n) is 9.94. The van der Waals surface area contributed by atoms with Crippen molar-refractivity contribution >= 4 is 15.9 Å². The zero-order valence-electron chi connectivity index (χ0n) is 17.3. The van der Waals surface area contributed by atoms with E-state index in [1.807, 2.05) is 0 Å². The van der Waals surface area contributed by atoms with Crippen molar-refractivity contribution in [3.05, 3.63) is 65.2 Å². The second kappa shape index (κ2) is 9.07. The molecule has 2 aromatic rings. The molecule has 0 aliphatic carbocycles. The number of rotatable bonds is 6. The molecule has 1 N–H and O–H groups in total. The van der Waals surface area contributed by atoms with Gasteiger partial charge in [-0.3, -0.25) is 9.69 Å². The monoisotopic (exact) mass is 415 g/mol. The molecule has 0 spiro atoms. The first kappa shape index (κ1) is 21.5. The first-order chi connectivity index (χ1) is 13.8. The molecule has 1 heterocycles. The predicted molar refractivity (Wildman–Crippen MR) is 114 cm³/mol. The van der Waals surface area contributed by atoms with Crippen molar-refractivity contribution in [2.24, 2.45) is 0 Å². The summed E-state index contributed by atoms with van der Waals surface area (Å²) in [5, 5.41) is 0. The number of nitrogens with one attached hydrogen (secondary N) is 1. The van der Waals surface area contributed by atoms with E-state index in [-0.39, 0.29) is 10.8 Å². The van der Waals surface area contributed by atoms with Crippen LogP contribution in [0.4, 0.5) is 0 Å². The van der Waals surface area contributed by atoms with Gasteiger partial charge in [0.1, 0.15) is 0 Å². The highest BCUT2D eigenvalue weighted by atomic mass is 32.2. The van der Waals surface area contributed by atoms with Crippen LogP contribution in [0.3, 0.4) is 0 Å². The second-order valence-electron chi connectivity index (χ2n) is 7.70. The summed E-state index contributed by atoms with van der Waals surface area (Å²) in [6.07, 6.45) is 0. The van der Waals surface area contributed by atoms with Gasteiger partial charge in [0.05, 0.1) is 4.90 Å². The van der Waals surface area contributed by atoms with Crippen LogP contribution < -0.4 is 4.72 Å². The van der Waals surface area contributed by atoms with E-state index in [0.29, 0.717) is 24.6 Å². The normalized spacial score (nSPS) is 15.7. The number of amides is 1. The fraction of sp³-hybridized carbons (Fsp3) is 0.409. The molecule has 7 heteroatoms. The second-order valence-corrected chi connectivity index (χ2v) is 9.59. The Bertz CT molecular complexity index is 948. The van der Waals surface area contributed by atoms with Gasteiger partial charge in [-0.2, -0.15) is 0 Å². The summed E-state index contributed by atoms with van der Waals surface area (Å²) in [5.74, 6) is 0.402. The van der Waals surface area contributed by atoms with Crippen LogP contribution in [0.2, 0.25) is 0 Å². The molecule has 6 nitrogen and oxygen atoms in total. The molecule has 0 unspecified atom stereocenters. The van der Waals surface area contributed by atoms with Gasteiger partial charge in [0, 0.05) is 38.3 Å². The van der Waals surface area contributed by atoms with Crippen molar-refractivity contribution in [2.45, 2.75) is 31.2 Å². The predicted octanol–water partition coefficient (Wildman–Crippen LogP) is 2.68. The molecule has 1 saturated heterocycles. The van der Waals surface area contributed by atoms with Crippen LogP contribution in [0.5, 0.6) is 0 Å². The Kier molecular flexibility index (Phi) is 6.72. The van der Waals surface area contributed by atoms with E-state index in [1.54, 1.807) is 17.0 Å². The van der Waals surface area contributed by atoms with Gasteiger partial charge in [-0.05, 0) is 42.3 Å². The largest absolute Gasteiger partial charge is 0.336 e. The van der Waals surface area contributed by atoms with Gasteiger partial charge in [0.2, 0.25) is 10.0 Å². The van der Waals surface area contributed by atoms with E-state index >= 15 is 0 Å². The molecule has 0 bridgehead atoms. The van der Waals surface area contributed by atoms with Crippen LogP contribution in [0.1, 0.15) is 41.3 Å². The molecule has 1 fully saturated rings. The minimum absolute atomic E-state index is 0.106.